The molecule has 3 unspecified atom stereocenters. The molecule has 0 aromatic carbocycles. The van der Waals surface area contributed by atoms with E-state index in [9.17, 15) is 20.1 Å². The van der Waals surface area contributed by atoms with Gasteiger partial charge in [0.1, 0.15) is 6.10 Å². The SMILES string of the molecule is CCCCCCCCCCCCC/C=C\C/C=C\CCCCCCCCCCCCCCCCCCCC(=O)NC(CO)C(O)C(O)CCC/C=C/CC/C=C/CCCCCCCCCCCCCCCCC. The fraction of sp³-hybridized carbons (Fsp3) is 0.868. The minimum absolute atomic E-state index is 0.154. The van der Waals surface area contributed by atoms with Gasteiger partial charge in [0.05, 0.1) is 18.8 Å². The summed E-state index contributed by atoms with van der Waals surface area (Å²) in [5.74, 6) is -0.154. The molecule has 5 heteroatoms. The molecular weight excluding hydrogens is 895 g/mol. The maximum atomic E-state index is 12.6. The number of carbonyl (C=O) groups is 1. The standard InChI is InChI=1S/C68H129NO4/c1-3-5-7-9-11-13-15-17-19-21-23-25-27-29-30-31-32-33-34-35-36-37-38-39-41-43-45-47-49-51-53-55-57-59-61-63-67(72)69-65(64-70)68(73)66(71)62-60-58-56-54-52-50-48-46-44-42-40-28-26-24-22-20-18-16-14-12-10-8-6-4-2/h27,29,31-32,46,48,54,56,65-66,68,70-71,73H,3-26,28,30,33-45,47,49-53,55,57-64H2,1-2H3,(H,69,72)/b29-27-,32-31-,48-46+,56-54+. The Labute approximate surface area is 457 Å². The molecule has 0 aliphatic carbocycles. The van der Waals surface area contributed by atoms with E-state index in [0.29, 0.717) is 12.8 Å². The number of unbranched alkanes of at least 4 members (excludes halogenated alkanes) is 45. The Hall–Kier alpha value is -1.69. The van der Waals surface area contributed by atoms with Crippen molar-refractivity contribution in [2.24, 2.45) is 0 Å². The zero-order valence-corrected chi connectivity index (χ0v) is 49.3. The van der Waals surface area contributed by atoms with Crippen molar-refractivity contribution in [1.82, 2.24) is 5.32 Å². The van der Waals surface area contributed by atoms with Crippen molar-refractivity contribution >= 4 is 5.91 Å². The summed E-state index contributed by atoms with van der Waals surface area (Å²) in [6, 6.07) is -0.835. The van der Waals surface area contributed by atoms with E-state index in [0.717, 1.165) is 51.4 Å². The maximum absolute atomic E-state index is 12.6. The summed E-state index contributed by atoms with van der Waals surface area (Å²) in [6.07, 6.45) is 84.6. The number of hydrogen-bond acceptors (Lipinski definition) is 4. The Bertz CT molecular complexity index is 1180. The van der Waals surface area contributed by atoms with Crippen molar-refractivity contribution in [3.63, 3.8) is 0 Å². The zero-order valence-electron chi connectivity index (χ0n) is 49.3. The Morgan fingerprint density at radius 1 is 0.342 bits per heavy atom. The molecule has 1 amide bonds. The highest BCUT2D eigenvalue weighted by Gasteiger charge is 2.26. The molecule has 0 bridgehead atoms. The fourth-order valence-corrected chi connectivity index (χ4v) is 10.3. The Kier molecular flexibility index (Phi) is 61.4. The monoisotopic (exact) mass is 1020 g/mol. The number of aliphatic hydroxyl groups is 3. The van der Waals surface area contributed by atoms with Gasteiger partial charge in [0, 0.05) is 6.42 Å². The van der Waals surface area contributed by atoms with Crippen molar-refractivity contribution < 1.29 is 20.1 Å². The summed E-state index contributed by atoms with van der Waals surface area (Å²) in [6.45, 7) is 4.21. The number of carbonyl (C=O) groups excluding carboxylic acids is 1. The molecule has 0 heterocycles. The van der Waals surface area contributed by atoms with Crippen LogP contribution in [0.2, 0.25) is 0 Å². The van der Waals surface area contributed by atoms with E-state index in [2.05, 4.69) is 67.8 Å². The van der Waals surface area contributed by atoms with Crippen LogP contribution in [0.15, 0.2) is 48.6 Å². The minimum Gasteiger partial charge on any atom is -0.394 e. The van der Waals surface area contributed by atoms with Crippen LogP contribution in [-0.2, 0) is 4.79 Å². The second-order valence-corrected chi connectivity index (χ2v) is 22.7. The summed E-state index contributed by atoms with van der Waals surface area (Å²) in [5, 5.41) is 33.8. The normalized spacial score (nSPS) is 13.4. The van der Waals surface area contributed by atoms with Crippen LogP contribution in [0.25, 0.3) is 0 Å². The lowest BCUT2D eigenvalue weighted by Gasteiger charge is -2.26. The third-order valence-electron chi connectivity index (χ3n) is 15.4. The smallest absolute Gasteiger partial charge is 0.220 e. The lowest BCUT2D eigenvalue weighted by Crippen LogP contribution is -2.50. The Morgan fingerprint density at radius 2 is 0.603 bits per heavy atom. The van der Waals surface area contributed by atoms with Crippen LogP contribution in [-0.4, -0.2) is 46.1 Å². The van der Waals surface area contributed by atoms with E-state index < -0.39 is 18.2 Å². The molecule has 0 aliphatic rings. The first-order chi connectivity index (χ1) is 36.1. The van der Waals surface area contributed by atoms with E-state index in [1.165, 1.54) is 276 Å². The topological polar surface area (TPSA) is 89.8 Å². The van der Waals surface area contributed by atoms with Gasteiger partial charge >= 0.3 is 0 Å². The highest BCUT2D eigenvalue weighted by atomic mass is 16.3. The molecule has 430 valence electrons. The van der Waals surface area contributed by atoms with Gasteiger partial charge in [-0.25, -0.2) is 0 Å². The van der Waals surface area contributed by atoms with Crippen molar-refractivity contribution in [2.45, 2.75) is 372 Å². The van der Waals surface area contributed by atoms with Crippen LogP contribution >= 0.6 is 0 Å². The van der Waals surface area contributed by atoms with Crippen LogP contribution in [0.1, 0.15) is 354 Å². The third-order valence-corrected chi connectivity index (χ3v) is 15.4. The maximum Gasteiger partial charge on any atom is 0.220 e. The second kappa shape index (κ2) is 62.8. The lowest BCUT2D eigenvalue weighted by molar-refractivity contribution is -0.124. The number of aliphatic hydroxyl groups excluding tert-OH is 3. The van der Waals surface area contributed by atoms with Gasteiger partial charge in [-0.2, -0.15) is 0 Å². The molecule has 0 saturated carbocycles. The van der Waals surface area contributed by atoms with Crippen molar-refractivity contribution in [1.29, 1.82) is 0 Å². The van der Waals surface area contributed by atoms with Crippen molar-refractivity contribution in [3.05, 3.63) is 48.6 Å². The van der Waals surface area contributed by atoms with Gasteiger partial charge in [-0.15, -0.1) is 0 Å². The van der Waals surface area contributed by atoms with Crippen LogP contribution in [0.5, 0.6) is 0 Å². The van der Waals surface area contributed by atoms with Gasteiger partial charge in [-0.05, 0) is 83.5 Å². The summed E-state index contributed by atoms with van der Waals surface area (Å²) >= 11 is 0. The van der Waals surface area contributed by atoms with Crippen LogP contribution in [0.4, 0.5) is 0 Å². The quantitative estimate of drug-likeness (QED) is 0.0361. The van der Waals surface area contributed by atoms with E-state index >= 15 is 0 Å². The lowest BCUT2D eigenvalue weighted by atomic mass is 10.0. The van der Waals surface area contributed by atoms with Gasteiger partial charge in [-0.1, -0.05) is 313 Å². The number of amides is 1. The molecule has 0 fully saturated rings. The Balaban J connectivity index is 3.53. The zero-order chi connectivity index (χ0) is 52.9. The molecule has 0 radical (unpaired) electrons. The van der Waals surface area contributed by atoms with E-state index in [4.69, 9.17) is 0 Å². The molecule has 5 nitrogen and oxygen atoms in total. The van der Waals surface area contributed by atoms with E-state index in [1.54, 1.807) is 0 Å². The van der Waals surface area contributed by atoms with Crippen LogP contribution in [0, 0.1) is 0 Å². The highest BCUT2D eigenvalue weighted by molar-refractivity contribution is 5.76. The highest BCUT2D eigenvalue weighted by Crippen LogP contribution is 2.18. The summed E-state index contributed by atoms with van der Waals surface area (Å²) < 4.78 is 0. The molecule has 0 spiro atoms. The molecular formula is C68H129NO4. The molecule has 0 aromatic rings. The third kappa shape index (κ3) is 57.8. The second-order valence-electron chi connectivity index (χ2n) is 22.7. The molecule has 73 heavy (non-hydrogen) atoms. The summed E-state index contributed by atoms with van der Waals surface area (Å²) in [5.41, 5.74) is 0. The predicted octanol–water partition coefficient (Wildman–Crippen LogP) is 21.1. The summed E-state index contributed by atoms with van der Waals surface area (Å²) in [7, 11) is 0. The van der Waals surface area contributed by atoms with Crippen molar-refractivity contribution in [3.8, 4) is 0 Å². The number of allylic oxidation sites excluding steroid dienone is 8. The number of hydrogen-bond donors (Lipinski definition) is 4. The fourth-order valence-electron chi connectivity index (χ4n) is 10.3. The largest absolute Gasteiger partial charge is 0.394 e. The minimum atomic E-state index is -1.17. The molecule has 0 rings (SSSR count). The van der Waals surface area contributed by atoms with Gasteiger partial charge < -0.3 is 20.6 Å². The van der Waals surface area contributed by atoms with Gasteiger partial charge in [0.2, 0.25) is 5.91 Å². The first kappa shape index (κ1) is 71.3. The van der Waals surface area contributed by atoms with E-state index in [-0.39, 0.29) is 12.5 Å². The Morgan fingerprint density at radius 3 is 0.918 bits per heavy atom. The molecule has 4 N–H and O–H groups in total. The van der Waals surface area contributed by atoms with Gasteiger partial charge in [0.15, 0.2) is 0 Å². The molecule has 0 aromatic heterocycles. The first-order valence-electron chi connectivity index (χ1n) is 32.9. The predicted molar refractivity (Wildman–Crippen MR) is 324 cm³/mol. The van der Waals surface area contributed by atoms with Crippen LogP contribution in [0.3, 0.4) is 0 Å². The first-order valence-corrected chi connectivity index (χ1v) is 32.9. The van der Waals surface area contributed by atoms with Crippen LogP contribution < -0.4 is 5.32 Å². The van der Waals surface area contributed by atoms with E-state index in [1.807, 2.05) is 0 Å². The van der Waals surface area contributed by atoms with Gasteiger partial charge in [-0.3, -0.25) is 4.79 Å². The van der Waals surface area contributed by atoms with Gasteiger partial charge in [0.25, 0.3) is 0 Å². The molecule has 0 saturated heterocycles. The molecule has 3 atom stereocenters. The number of rotatable bonds is 61. The summed E-state index contributed by atoms with van der Waals surface area (Å²) in [4.78, 5) is 12.6. The number of nitrogens with one attached hydrogen (secondary N) is 1. The average molecular weight is 1020 g/mol. The average Bonchev–Trinajstić information content (AvgIpc) is 3.40. The molecule has 0 aliphatic heterocycles. The van der Waals surface area contributed by atoms with Crippen molar-refractivity contribution in [2.75, 3.05) is 6.61 Å².